The first-order valence-corrected chi connectivity index (χ1v) is 9.67. The standard InChI is InChI=1S/C21H25N3O3/c1-3-5-17-11-20(23-14(2)22-17)24-9-4-6-16(12-24)21(25)15-7-8-18-19(10-15)27-13-26-18/h7-8,10-11,16H,3-6,9,12-13H2,1-2H3. The maximum atomic E-state index is 13.1. The number of aryl methyl sites for hydroxylation is 2. The quantitative estimate of drug-likeness (QED) is 0.753. The van der Waals surface area contributed by atoms with Crippen LogP contribution in [0.2, 0.25) is 0 Å². The van der Waals surface area contributed by atoms with Crippen molar-refractivity contribution in [3.8, 4) is 11.5 Å². The summed E-state index contributed by atoms with van der Waals surface area (Å²) in [7, 11) is 0. The lowest BCUT2D eigenvalue weighted by Crippen LogP contribution is -2.39. The number of hydrogen-bond acceptors (Lipinski definition) is 6. The topological polar surface area (TPSA) is 64.6 Å². The Labute approximate surface area is 159 Å². The summed E-state index contributed by atoms with van der Waals surface area (Å²) in [5.74, 6) is 3.22. The van der Waals surface area contributed by atoms with E-state index >= 15 is 0 Å². The number of anilines is 1. The van der Waals surface area contributed by atoms with E-state index < -0.39 is 0 Å². The molecule has 0 radical (unpaired) electrons. The van der Waals surface area contributed by atoms with E-state index in [-0.39, 0.29) is 18.5 Å². The number of nitrogens with zero attached hydrogens (tertiary/aromatic N) is 3. The summed E-state index contributed by atoms with van der Waals surface area (Å²) in [5, 5.41) is 0. The Hall–Kier alpha value is -2.63. The van der Waals surface area contributed by atoms with Crippen LogP contribution >= 0.6 is 0 Å². The summed E-state index contributed by atoms with van der Waals surface area (Å²) in [4.78, 5) is 24.4. The van der Waals surface area contributed by atoms with Gasteiger partial charge in [-0.2, -0.15) is 0 Å². The molecule has 27 heavy (non-hydrogen) atoms. The third-order valence-electron chi connectivity index (χ3n) is 5.16. The number of rotatable bonds is 5. The maximum absolute atomic E-state index is 13.1. The summed E-state index contributed by atoms with van der Waals surface area (Å²) in [6.07, 6.45) is 3.88. The first-order valence-electron chi connectivity index (χ1n) is 9.67. The zero-order valence-corrected chi connectivity index (χ0v) is 15.9. The van der Waals surface area contributed by atoms with Gasteiger partial charge in [0.15, 0.2) is 17.3 Å². The number of carbonyl (C=O) groups excluding carboxylic acids is 1. The first kappa shape index (κ1) is 17.8. The highest BCUT2D eigenvalue weighted by Crippen LogP contribution is 2.34. The van der Waals surface area contributed by atoms with Crippen LogP contribution in [0.5, 0.6) is 11.5 Å². The van der Waals surface area contributed by atoms with Crippen molar-refractivity contribution in [2.75, 3.05) is 24.8 Å². The minimum Gasteiger partial charge on any atom is -0.454 e. The Morgan fingerprint density at radius 3 is 2.93 bits per heavy atom. The van der Waals surface area contributed by atoms with Crippen LogP contribution in [0.1, 0.15) is 48.1 Å². The van der Waals surface area contributed by atoms with Gasteiger partial charge in [0.2, 0.25) is 6.79 Å². The van der Waals surface area contributed by atoms with Crippen molar-refractivity contribution in [2.45, 2.75) is 39.5 Å². The Morgan fingerprint density at radius 1 is 1.22 bits per heavy atom. The lowest BCUT2D eigenvalue weighted by Gasteiger charge is -2.33. The first-order chi connectivity index (χ1) is 13.1. The minimum atomic E-state index is -0.0379. The second kappa shape index (κ2) is 7.55. The maximum Gasteiger partial charge on any atom is 0.231 e. The molecule has 1 unspecified atom stereocenters. The number of aromatic nitrogens is 2. The van der Waals surface area contributed by atoms with E-state index in [1.807, 2.05) is 19.1 Å². The molecule has 0 N–H and O–H groups in total. The van der Waals surface area contributed by atoms with E-state index in [2.05, 4.69) is 27.9 Å². The van der Waals surface area contributed by atoms with Gasteiger partial charge >= 0.3 is 0 Å². The molecule has 3 heterocycles. The Bertz CT molecular complexity index is 853. The Morgan fingerprint density at radius 2 is 2.07 bits per heavy atom. The summed E-state index contributed by atoms with van der Waals surface area (Å²) >= 11 is 0. The molecule has 1 aromatic carbocycles. The minimum absolute atomic E-state index is 0.0379. The fourth-order valence-electron chi connectivity index (χ4n) is 3.84. The van der Waals surface area contributed by atoms with E-state index in [4.69, 9.17) is 9.47 Å². The van der Waals surface area contributed by atoms with Crippen LogP contribution in [0.15, 0.2) is 24.3 Å². The van der Waals surface area contributed by atoms with Gasteiger partial charge in [-0.15, -0.1) is 0 Å². The average Bonchev–Trinajstić information content (AvgIpc) is 3.15. The molecule has 0 spiro atoms. The SMILES string of the molecule is CCCc1cc(N2CCCC(C(=O)c3ccc4c(c3)OCO4)C2)nc(C)n1. The second-order valence-electron chi connectivity index (χ2n) is 7.23. The normalized spacial score (nSPS) is 18.6. The van der Waals surface area contributed by atoms with Crippen molar-refractivity contribution in [1.82, 2.24) is 9.97 Å². The summed E-state index contributed by atoms with van der Waals surface area (Å²) < 4.78 is 10.8. The molecular weight excluding hydrogens is 342 g/mol. The molecule has 2 aliphatic heterocycles. The van der Waals surface area contributed by atoms with Crippen LogP contribution in [0, 0.1) is 12.8 Å². The molecule has 6 heteroatoms. The molecule has 1 fully saturated rings. The largest absolute Gasteiger partial charge is 0.454 e. The molecule has 2 aromatic rings. The molecule has 0 saturated carbocycles. The smallest absolute Gasteiger partial charge is 0.231 e. The van der Waals surface area contributed by atoms with Gasteiger partial charge in [0.05, 0.1) is 0 Å². The zero-order chi connectivity index (χ0) is 18.8. The molecule has 0 bridgehead atoms. The summed E-state index contributed by atoms with van der Waals surface area (Å²) in [6.45, 7) is 5.92. The molecular formula is C21H25N3O3. The summed E-state index contributed by atoms with van der Waals surface area (Å²) in [5.41, 5.74) is 1.76. The van der Waals surface area contributed by atoms with Gasteiger partial charge in [0, 0.05) is 36.3 Å². The van der Waals surface area contributed by atoms with Crippen molar-refractivity contribution in [3.63, 3.8) is 0 Å². The predicted octanol–water partition coefficient (Wildman–Crippen LogP) is 3.57. The average molecular weight is 367 g/mol. The number of hydrogen-bond donors (Lipinski definition) is 0. The van der Waals surface area contributed by atoms with Gasteiger partial charge in [-0.25, -0.2) is 9.97 Å². The van der Waals surface area contributed by atoms with Crippen LogP contribution in [-0.2, 0) is 6.42 Å². The number of benzene rings is 1. The number of ether oxygens (including phenoxy) is 2. The number of carbonyl (C=O) groups is 1. The highest BCUT2D eigenvalue weighted by atomic mass is 16.7. The lowest BCUT2D eigenvalue weighted by molar-refractivity contribution is 0.0906. The van der Waals surface area contributed by atoms with Crippen molar-refractivity contribution in [1.29, 1.82) is 0 Å². The lowest BCUT2D eigenvalue weighted by atomic mass is 9.90. The predicted molar refractivity (Wildman–Crippen MR) is 103 cm³/mol. The zero-order valence-electron chi connectivity index (χ0n) is 15.9. The second-order valence-corrected chi connectivity index (χ2v) is 7.23. The number of piperidine rings is 1. The van der Waals surface area contributed by atoms with Crippen LogP contribution < -0.4 is 14.4 Å². The van der Waals surface area contributed by atoms with Gasteiger partial charge in [-0.1, -0.05) is 13.3 Å². The fourth-order valence-corrected chi connectivity index (χ4v) is 3.84. The summed E-state index contributed by atoms with van der Waals surface area (Å²) in [6, 6.07) is 7.53. The number of ketones is 1. The fraction of sp³-hybridized carbons (Fsp3) is 0.476. The van der Waals surface area contributed by atoms with Crippen molar-refractivity contribution < 1.29 is 14.3 Å². The van der Waals surface area contributed by atoms with Crippen LogP contribution in [-0.4, -0.2) is 35.6 Å². The highest BCUT2D eigenvalue weighted by Gasteiger charge is 2.28. The van der Waals surface area contributed by atoms with Crippen molar-refractivity contribution >= 4 is 11.6 Å². The van der Waals surface area contributed by atoms with Crippen molar-refractivity contribution in [2.24, 2.45) is 5.92 Å². The molecule has 6 nitrogen and oxygen atoms in total. The van der Waals surface area contributed by atoms with E-state index in [1.54, 1.807) is 6.07 Å². The number of fused-ring (bicyclic) bond motifs is 1. The highest BCUT2D eigenvalue weighted by molar-refractivity contribution is 5.99. The van der Waals surface area contributed by atoms with Gasteiger partial charge in [-0.05, 0) is 44.4 Å². The molecule has 2 aliphatic rings. The van der Waals surface area contributed by atoms with Crippen LogP contribution in [0.25, 0.3) is 0 Å². The van der Waals surface area contributed by atoms with Crippen molar-refractivity contribution in [3.05, 3.63) is 41.3 Å². The molecule has 4 rings (SSSR count). The van der Waals surface area contributed by atoms with E-state index in [0.717, 1.165) is 49.6 Å². The molecule has 1 aromatic heterocycles. The third-order valence-corrected chi connectivity index (χ3v) is 5.16. The molecule has 1 atom stereocenters. The van der Waals surface area contributed by atoms with E-state index in [9.17, 15) is 4.79 Å². The molecule has 1 saturated heterocycles. The van der Waals surface area contributed by atoms with Gasteiger partial charge in [-0.3, -0.25) is 4.79 Å². The number of Topliss-reactive ketones (excluding diaryl/α,β-unsaturated/α-hetero) is 1. The van der Waals surface area contributed by atoms with Crippen LogP contribution in [0.4, 0.5) is 5.82 Å². The van der Waals surface area contributed by atoms with E-state index in [1.165, 1.54) is 0 Å². The molecule has 0 amide bonds. The Kier molecular flexibility index (Phi) is 4.97. The van der Waals surface area contributed by atoms with E-state index in [0.29, 0.717) is 23.6 Å². The monoisotopic (exact) mass is 367 g/mol. The van der Waals surface area contributed by atoms with Crippen LogP contribution in [0.3, 0.4) is 0 Å². The van der Waals surface area contributed by atoms with Gasteiger partial charge in [0.25, 0.3) is 0 Å². The molecule has 0 aliphatic carbocycles. The third kappa shape index (κ3) is 3.75. The van der Waals surface area contributed by atoms with Gasteiger partial charge < -0.3 is 14.4 Å². The molecule has 142 valence electrons. The Balaban J connectivity index is 1.52. The van der Waals surface area contributed by atoms with Gasteiger partial charge in [0.1, 0.15) is 11.6 Å².